The maximum absolute atomic E-state index is 2.58. The van der Waals surface area contributed by atoms with Crippen LogP contribution in [0.2, 0.25) is 0 Å². The highest BCUT2D eigenvalue weighted by atomic mass is 15.2. The van der Waals surface area contributed by atoms with Gasteiger partial charge in [-0.1, -0.05) is 114 Å². The summed E-state index contributed by atoms with van der Waals surface area (Å²) in [6.45, 7) is 20.9. The minimum absolute atomic E-state index is 0.0805. The van der Waals surface area contributed by atoms with Gasteiger partial charge in [-0.3, -0.25) is 0 Å². The zero-order chi connectivity index (χ0) is 35.6. The first-order chi connectivity index (χ1) is 24.3. The predicted molar refractivity (Wildman–Crippen MR) is 219 cm³/mol. The van der Waals surface area contributed by atoms with Crippen molar-refractivity contribution in [2.45, 2.75) is 78.6 Å². The van der Waals surface area contributed by atoms with E-state index >= 15 is 0 Å². The van der Waals surface area contributed by atoms with E-state index in [1.165, 1.54) is 89.5 Å². The molecule has 2 nitrogen and oxygen atoms in total. The monoisotopic (exact) mass is 662 g/mol. The van der Waals surface area contributed by atoms with Crippen LogP contribution in [-0.2, 0) is 16.2 Å². The van der Waals surface area contributed by atoms with Crippen LogP contribution in [0, 0.1) is 13.8 Å². The molecule has 3 heteroatoms. The molecule has 9 rings (SSSR count). The van der Waals surface area contributed by atoms with Crippen molar-refractivity contribution in [1.82, 2.24) is 0 Å². The van der Waals surface area contributed by atoms with Crippen molar-refractivity contribution in [3.63, 3.8) is 0 Å². The van der Waals surface area contributed by atoms with Gasteiger partial charge in [-0.05, 0) is 135 Å². The predicted octanol–water partition coefficient (Wildman–Crippen LogP) is 10.6. The summed E-state index contributed by atoms with van der Waals surface area (Å²) in [6.07, 6.45) is 0. The quantitative estimate of drug-likeness (QED) is 0.174. The van der Waals surface area contributed by atoms with Crippen molar-refractivity contribution < 1.29 is 0 Å². The van der Waals surface area contributed by atoms with Crippen LogP contribution >= 0.6 is 0 Å². The van der Waals surface area contributed by atoms with Gasteiger partial charge in [0.15, 0.2) is 0 Å². The Labute approximate surface area is 304 Å². The maximum atomic E-state index is 2.58. The van der Waals surface area contributed by atoms with Crippen molar-refractivity contribution in [1.29, 1.82) is 0 Å². The van der Waals surface area contributed by atoms with Crippen LogP contribution in [0.5, 0.6) is 0 Å². The van der Waals surface area contributed by atoms with Crippen molar-refractivity contribution >= 4 is 57.2 Å². The highest BCUT2D eigenvalue weighted by molar-refractivity contribution is 7.01. The van der Waals surface area contributed by atoms with Gasteiger partial charge >= 0.3 is 0 Å². The molecular weight excluding hydrogens is 615 g/mol. The lowest BCUT2D eigenvalue weighted by atomic mass is 9.28. The van der Waals surface area contributed by atoms with E-state index in [1.54, 1.807) is 0 Å². The molecule has 0 fully saturated rings. The first kappa shape index (κ1) is 31.9. The second kappa shape index (κ2) is 10.7. The summed E-state index contributed by atoms with van der Waals surface area (Å²) in [5.41, 5.74) is 21.0. The minimum Gasteiger partial charge on any atom is -0.311 e. The molecule has 0 amide bonds. The summed E-state index contributed by atoms with van der Waals surface area (Å²) in [5, 5.41) is 0. The number of anilines is 6. The molecule has 6 aromatic carbocycles. The third kappa shape index (κ3) is 4.56. The summed E-state index contributed by atoms with van der Waals surface area (Å²) >= 11 is 0. The molecule has 3 heterocycles. The molecule has 3 aliphatic rings. The fraction of sp³-hybridized carbons (Fsp3) is 0.250. The zero-order valence-corrected chi connectivity index (χ0v) is 31.5. The van der Waals surface area contributed by atoms with Crippen LogP contribution in [0.4, 0.5) is 34.1 Å². The normalized spacial score (nSPS) is 17.1. The molecule has 1 atom stereocenters. The van der Waals surface area contributed by atoms with Crippen LogP contribution in [0.25, 0.3) is 0 Å². The van der Waals surface area contributed by atoms with Gasteiger partial charge < -0.3 is 9.80 Å². The largest absolute Gasteiger partial charge is 0.311 e. The Morgan fingerprint density at radius 3 is 1.47 bits per heavy atom. The Balaban J connectivity index is 1.41. The summed E-state index contributed by atoms with van der Waals surface area (Å²) < 4.78 is 0. The Kier molecular flexibility index (Phi) is 6.73. The number of aryl methyl sites for hydroxylation is 2. The fourth-order valence-electron chi connectivity index (χ4n) is 9.29. The van der Waals surface area contributed by atoms with Crippen LogP contribution in [0.1, 0.15) is 87.4 Å². The van der Waals surface area contributed by atoms with E-state index in [9.17, 15) is 0 Å². The average molecular weight is 663 g/mol. The molecule has 0 aliphatic carbocycles. The van der Waals surface area contributed by atoms with Crippen molar-refractivity contribution in [3.05, 3.63) is 160 Å². The van der Waals surface area contributed by atoms with E-state index in [1.807, 2.05) is 0 Å². The Morgan fingerprint density at radius 1 is 0.471 bits per heavy atom. The molecule has 252 valence electrons. The van der Waals surface area contributed by atoms with Crippen LogP contribution in [0.3, 0.4) is 0 Å². The van der Waals surface area contributed by atoms with E-state index in [0.29, 0.717) is 0 Å². The Hall–Kier alpha value is -5.02. The molecule has 0 radical (unpaired) electrons. The number of hydrogen-bond donors (Lipinski definition) is 0. The van der Waals surface area contributed by atoms with Crippen LogP contribution in [0.15, 0.2) is 121 Å². The molecule has 0 spiro atoms. The van der Waals surface area contributed by atoms with Crippen molar-refractivity contribution in [2.75, 3.05) is 9.80 Å². The maximum Gasteiger partial charge on any atom is 0.252 e. The van der Waals surface area contributed by atoms with Gasteiger partial charge in [0.05, 0.1) is 0 Å². The molecule has 0 N–H and O–H groups in total. The average Bonchev–Trinajstić information content (AvgIpc) is 3.10. The summed E-state index contributed by atoms with van der Waals surface area (Å²) in [6, 6.07) is 46.7. The lowest BCUT2D eigenvalue weighted by Gasteiger charge is -2.51. The molecule has 0 aromatic heterocycles. The van der Waals surface area contributed by atoms with Crippen LogP contribution < -0.4 is 26.2 Å². The van der Waals surface area contributed by atoms with E-state index in [-0.39, 0.29) is 23.0 Å². The first-order valence-corrected chi connectivity index (χ1v) is 18.6. The van der Waals surface area contributed by atoms with Gasteiger partial charge in [0.25, 0.3) is 6.71 Å². The summed E-state index contributed by atoms with van der Waals surface area (Å²) in [7, 11) is 0. The highest BCUT2D eigenvalue weighted by Gasteiger charge is 2.53. The van der Waals surface area contributed by atoms with E-state index in [0.717, 1.165) is 0 Å². The Bertz CT molecular complexity index is 2360. The molecule has 51 heavy (non-hydrogen) atoms. The van der Waals surface area contributed by atoms with Crippen molar-refractivity contribution in [2.24, 2.45) is 0 Å². The molecule has 1 unspecified atom stereocenters. The molecule has 0 bridgehead atoms. The second-order valence-corrected chi connectivity index (χ2v) is 17.4. The number of nitrogens with zero attached hydrogens (tertiary/aromatic N) is 2. The SMILES string of the molecule is Cc1cc2c3c(c1)N(c1ccc(C(C)(C)C)cc1)c1cc(C)cc4c1B3c1c(cccc1C4(C)c1ccccc1)N2c1ccc(C(C)(C)C)cc1. The second-order valence-electron chi connectivity index (χ2n) is 17.4. The lowest BCUT2D eigenvalue weighted by Crippen LogP contribution is -2.67. The van der Waals surface area contributed by atoms with E-state index in [4.69, 9.17) is 0 Å². The molecule has 6 aromatic rings. The van der Waals surface area contributed by atoms with Gasteiger partial charge in [-0.15, -0.1) is 0 Å². The topological polar surface area (TPSA) is 6.48 Å². The van der Waals surface area contributed by atoms with E-state index < -0.39 is 0 Å². The van der Waals surface area contributed by atoms with Gasteiger partial charge in [0.2, 0.25) is 0 Å². The van der Waals surface area contributed by atoms with Gasteiger partial charge in [0, 0.05) is 39.5 Å². The number of hydrogen-bond acceptors (Lipinski definition) is 2. The number of benzene rings is 6. The third-order valence-corrected chi connectivity index (χ3v) is 11.9. The van der Waals surface area contributed by atoms with Gasteiger partial charge in [-0.25, -0.2) is 0 Å². The highest BCUT2D eigenvalue weighted by Crippen LogP contribution is 2.51. The smallest absolute Gasteiger partial charge is 0.252 e. The van der Waals surface area contributed by atoms with Gasteiger partial charge in [0.1, 0.15) is 0 Å². The van der Waals surface area contributed by atoms with E-state index in [2.05, 4.69) is 193 Å². The molecule has 0 saturated carbocycles. The molecular formula is C48H47BN2. The standard InChI is InChI=1S/C48H47BN2/c1-30-26-38-44-40(27-30)51(36-24-20-33(21-25-36)47(6,7)8)42-29-31(2)28-41-45(42)49(44)43-37(48(38,9)34-14-11-10-12-15-34)16-13-17-39(43)50(41)35-22-18-32(19-23-35)46(3,4)5/h10-29H,1-9H3. The Morgan fingerprint density at radius 2 is 0.941 bits per heavy atom. The number of rotatable bonds is 3. The fourth-order valence-corrected chi connectivity index (χ4v) is 9.29. The first-order valence-electron chi connectivity index (χ1n) is 18.6. The minimum atomic E-state index is -0.345. The lowest BCUT2D eigenvalue weighted by molar-refractivity contribution is 0.590. The summed E-state index contributed by atoms with van der Waals surface area (Å²) in [4.78, 5) is 5.13. The molecule has 3 aliphatic heterocycles. The van der Waals surface area contributed by atoms with Gasteiger partial charge in [-0.2, -0.15) is 0 Å². The molecule has 0 saturated heterocycles. The zero-order valence-electron chi connectivity index (χ0n) is 31.5. The van der Waals surface area contributed by atoms with Crippen molar-refractivity contribution in [3.8, 4) is 0 Å². The van der Waals surface area contributed by atoms with Crippen LogP contribution in [-0.4, -0.2) is 6.71 Å². The summed E-state index contributed by atoms with van der Waals surface area (Å²) in [5.74, 6) is 0. The third-order valence-electron chi connectivity index (χ3n) is 11.9.